The Morgan fingerprint density at radius 3 is 2.91 bits per heavy atom. The van der Waals surface area contributed by atoms with Crippen molar-refractivity contribution in [3.8, 4) is 17.0 Å². The fraction of sp³-hybridized carbons (Fsp3) is 0.333. The Morgan fingerprint density at radius 1 is 1.39 bits per heavy atom. The van der Waals surface area contributed by atoms with Crippen LogP contribution in [0.25, 0.3) is 11.3 Å². The molecule has 1 aliphatic carbocycles. The fourth-order valence-corrected chi connectivity index (χ4v) is 2.43. The Bertz CT molecular complexity index is 711. The van der Waals surface area contributed by atoms with Crippen LogP contribution in [-0.2, 0) is 6.61 Å². The zero-order valence-electron chi connectivity index (χ0n) is 13.1. The number of benzene rings is 1. The SMILES string of the molecule is CNC(=O)c1cc(-c2ncccc2CO)ccc1OCC1CC1. The molecule has 5 nitrogen and oxygen atoms in total. The second kappa shape index (κ2) is 6.79. The molecule has 1 heterocycles. The number of carbonyl (C=O) groups is 1. The highest BCUT2D eigenvalue weighted by molar-refractivity contribution is 5.98. The molecule has 1 amide bonds. The van der Waals surface area contributed by atoms with Gasteiger partial charge in [-0.05, 0) is 43.0 Å². The van der Waals surface area contributed by atoms with E-state index in [2.05, 4.69) is 10.3 Å². The summed E-state index contributed by atoms with van der Waals surface area (Å²) < 4.78 is 5.80. The number of ether oxygens (including phenoxy) is 1. The van der Waals surface area contributed by atoms with E-state index in [-0.39, 0.29) is 12.5 Å². The molecule has 1 fully saturated rings. The van der Waals surface area contributed by atoms with E-state index in [0.717, 1.165) is 11.1 Å². The van der Waals surface area contributed by atoms with E-state index >= 15 is 0 Å². The Labute approximate surface area is 135 Å². The molecule has 2 aromatic rings. The largest absolute Gasteiger partial charge is 0.492 e. The number of aliphatic hydroxyl groups excluding tert-OH is 1. The maximum absolute atomic E-state index is 12.2. The van der Waals surface area contributed by atoms with E-state index in [9.17, 15) is 9.90 Å². The minimum Gasteiger partial charge on any atom is -0.492 e. The molecule has 1 aliphatic rings. The van der Waals surface area contributed by atoms with Crippen molar-refractivity contribution < 1.29 is 14.6 Å². The van der Waals surface area contributed by atoms with Crippen LogP contribution >= 0.6 is 0 Å². The highest BCUT2D eigenvalue weighted by atomic mass is 16.5. The minimum atomic E-state index is -0.195. The molecule has 0 aliphatic heterocycles. The number of pyridine rings is 1. The average molecular weight is 312 g/mol. The van der Waals surface area contributed by atoms with Crippen LogP contribution in [0.5, 0.6) is 5.75 Å². The molecule has 5 heteroatoms. The quantitative estimate of drug-likeness (QED) is 0.859. The predicted molar refractivity (Wildman–Crippen MR) is 87.2 cm³/mol. The molecule has 1 aromatic heterocycles. The average Bonchev–Trinajstić information content (AvgIpc) is 3.43. The molecule has 120 valence electrons. The van der Waals surface area contributed by atoms with E-state index in [0.29, 0.717) is 29.5 Å². The van der Waals surface area contributed by atoms with E-state index in [4.69, 9.17) is 4.74 Å². The summed E-state index contributed by atoms with van der Waals surface area (Å²) >= 11 is 0. The molecule has 0 unspecified atom stereocenters. The molecule has 2 N–H and O–H groups in total. The van der Waals surface area contributed by atoms with E-state index in [1.54, 1.807) is 31.4 Å². The summed E-state index contributed by atoms with van der Waals surface area (Å²) in [5.74, 6) is 1.00. The first kappa shape index (κ1) is 15.5. The summed E-state index contributed by atoms with van der Waals surface area (Å²) in [6.45, 7) is 0.549. The molecule has 0 atom stereocenters. The number of carbonyl (C=O) groups excluding carboxylic acids is 1. The molecule has 23 heavy (non-hydrogen) atoms. The van der Waals surface area contributed by atoms with Crippen LogP contribution in [0.3, 0.4) is 0 Å². The maximum Gasteiger partial charge on any atom is 0.254 e. The topological polar surface area (TPSA) is 71.5 Å². The summed E-state index contributed by atoms with van der Waals surface area (Å²) in [6.07, 6.45) is 4.06. The lowest BCUT2D eigenvalue weighted by molar-refractivity contribution is 0.0959. The number of aromatic nitrogens is 1. The van der Waals surface area contributed by atoms with Crippen molar-refractivity contribution in [2.24, 2.45) is 5.92 Å². The molecule has 0 spiro atoms. The van der Waals surface area contributed by atoms with Gasteiger partial charge in [0.05, 0.1) is 24.5 Å². The number of amides is 1. The van der Waals surface area contributed by atoms with Crippen molar-refractivity contribution in [3.05, 3.63) is 47.7 Å². The summed E-state index contributed by atoms with van der Waals surface area (Å²) in [6, 6.07) is 9.04. The van der Waals surface area contributed by atoms with Gasteiger partial charge in [-0.15, -0.1) is 0 Å². The fourth-order valence-electron chi connectivity index (χ4n) is 2.43. The molecule has 1 saturated carbocycles. The van der Waals surface area contributed by atoms with Crippen LogP contribution in [0.4, 0.5) is 0 Å². The second-order valence-electron chi connectivity index (χ2n) is 5.71. The molecular weight excluding hydrogens is 292 g/mol. The summed E-state index contributed by atoms with van der Waals surface area (Å²) in [4.78, 5) is 16.5. The molecular formula is C18H20N2O3. The molecule has 0 radical (unpaired) electrons. The first-order chi connectivity index (χ1) is 11.2. The zero-order valence-corrected chi connectivity index (χ0v) is 13.1. The van der Waals surface area contributed by atoms with Crippen LogP contribution < -0.4 is 10.1 Å². The predicted octanol–water partition coefficient (Wildman–Crippen LogP) is 2.39. The first-order valence-electron chi connectivity index (χ1n) is 7.77. The third kappa shape index (κ3) is 3.51. The molecule has 1 aromatic carbocycles. The third-order valence-electron chi connectivity index (χ3n) is 3.96. The Kier molecular flexibility index (Phi) is 4.57. The lowest BCUT2D eigenvalue weighted by Crippen LogP contribution is -2.19. The number of nitrogens with one attached hydrogen (secondary N) is 1. The smallest absolute Gasteiger partial charge is 0.254 e. The highest BCUT2D eigenvalue weighted by Crippen LogP contribution is 2.32. The number of aliphatic hydroxyl groups is 1. The normalized spacial score (nSPS) is 13.7. The number of rotatable bonds is 6. The molecule has 0 saturated heterocycles. The standard InChI is InChI=1S/C18H20N2O3/c1-19-18(22)15-9-13(17-14(10-21)3-2-8-20-17)6-7-16(15)23-11-12-4-5-12/h2-3,6-9,12,21H,4-5,10-11H2,1H3,(H,19,22). The van der Waals surface area contributed by atoms with Gasteiger partial charge in [-0.2, -0.15) is 0 Å². The first-order valence-corrected chi connectivity index (χ1v) is 7.77. The lowest BCUT2D eigenvalue weighted by atomic mass is 10.0. The monoisotopic (exact) mass is 312 g/mol. The number of hydrogen-bond donors (Lipinski definition) is 2. The van der Waals surface area contributed by atoms with Crippen molar-refractivity contribution >= 4 is 5.91 Å². The van der Waals surface area contributed by atoms with Crippen LogP contribution in [0.1, 0.15) is 28.8 Å². The summed E-state index contributed by atoms with van der Waals surface area (Å²) in [7, 11) is 1.60. The van der Waals surface area contributed by atoms with Gasteiger partial charge in [-0.25, -0.2) is 0 Å². The minimum absolute atomic E-state index is 0.0988. The van der Waals surface area contributed by atoms with E-state index in [1.165, 1.54) is 12.8 Å². The number of hydrogen-bond acceptors (Lipinski definition) is 4. The van der Waals surface area contributed by atoms with Gasteiger partial charge in [0.2, 0.25) is 0 Å². The number of nitrogens with zero attached hydrogens (tertiary/aromatic N) is 1. The van der Waals surface area contributed by atoms with Gasteiger partial charge in [0.25, 0.3) is 5.91 Å². The zero-order chi connectivity index (χ0) is 16.2. The van der Waals surface area contributed by atoms with Crippen LogP contribution in [0.15, 0.2) is 36.5 Å². The Morgan fingerprint density at radius 2 is 2.22 bits per heavy atom. The summed E-state index contributed by atoms with van der Waals surface area (Å²) in [5, 5.41) is 12.1. The van der Waals surface area contributed by atoms with Crippen molar-refractivity contribution in [1.82, 2.24) is 10.3 Å². The van der Waals surface area contributed by atoms with E-state index in [1.807, 2.05) is 12.1 Å². The van der Waals surface area contributed by atoms with Gasteiger partial charge in [0.1, 0.15) is 5.75 Å². The highest BCUT2D eigenvalue weighted by Gasteiger charge is 2.23. The van der Waals surface area contributed by atoms with Gasteiger partial charge in [-0.3, -0.25) is 9.78 Å². The lowest BCUT2D eigenvalue weighted by Gasteiger charge is -2.13. The van der Waals surface area contributed by atoms with Gasteiger partial charge >= 0.3 is 0 Å². The third-order valence-corrected chi connectivity index (χ3v) is 3.96. The Hall–Kier alpha value is -2.40. The maximum atomic E-state index is 12.2. The van der Waals surface area contributed by atoms with Gasteiger partial charge in [0, 0.05) is 24.4 Å². The Balaban J connectivity index is 1.96. The van der Waals surface area contributed by atoms with Gasteiger partial charge in [-0.1, -0.05) is 6.07 Å². The van der Waals surface area contributed by atoms with Gasteiger partial charge in [0.15, 0.2) is 0 Å². The van der Waals surface area contributed by atoms with Crippen molar-refractivity contribution in [3.63, 3.8) is 0 Å². The van der Waals surface area contributed by atoms with Crippen molar-refractivity contribution in [2.75, 3.05) is 13.7 Å². The van der Waals surface area contributed by atoms with Crippen LogP contribution in [-0.4, -0.2) is 29.7 Å². The van der Waals surface area contributed by atoms with Crippen LogP contribution in [0, 0.1) is 5.92 Å². The van der Waals surface area contributed by atoms with Crippen molar-refractivity contribution in [1.29, 1.82) is 0 Å². The van der Waals surface area contributed by atoms with Gasteiger partial charge < -0.3 is 15.2 Å². The van der Waals surface area contributed by atoms with Crippen molar-refractivity contribution in [2.45, 2.75) is 19.4 Å². The van der Waals surface area contributed by atoms with E-state index < -0.39 is 0 Å². The summed E-state index contributed by atoms with van der Waals surface area (Å²) in [5.41, 5.74) is 2.67. The second-order valence-corrected chi connectivity index (χ2v) is 5.71. The molecule has 3 rings (SSSR count). The molecule has 0 bridgehead atoms. The van der Waals surface area contributed by atoms with Crippen LogP contribution in [0.2, 0.25) is 0 Å².